The molecular weight excluding hydrogens is 456 g/mol. The van der Waals surface area contributed by atoms with Crippen molar-refractivity contribution in [3.05, 3.63) is 64.3 Å². The number of nitrogens with one attached hydrogen (secondary N) is 1. The Labute approximate surface area is 212 Å². The standard InChI is InChI=1S/C27H32N6O3.H2/c1-16(2)33-15-19(9-11-23(33)34)21-14-28-17(3)24(30-21)26-32-31-25(36-26)20-10-8-18(12-22(20)35-7)13-29-27(4,5)6;/h8-12,14-16,29H,13H2,1-7H3;1H. The molecule has 36 heavy (non-hydrogen) atoms. The molecule has 0 fully saturated rings. The Hall–Kier alpha value is -3.85. The molecule has 3 aromatic heterocycles. The van der Waals surface area contributed by atoms with E-state index in [1.807, 2.05) is 39.0 Å². The summed E-state index contributed by atoms with van der Waals surface area (Å²) >= 11 is 0. The van der Waals surface area contributed by atoms with Gasteiger partial charge in [-0.1, -0.05) is 6.07 Å². The fraction of sp³-hybridized carbons (Fsp3) is 0.370. The number of aromatic nitrogens is 5. The van der Waals surface area contributed by atoms with Gasteiger partial charge in [0.25, 0.3) is 17.3 Å². The second-order valence-electron chi connectivity index (χ2n) is 10.00. The van der Waals surface area contributed by atoms with Crippen LogP contribution in [0.5, 0.6) is 5.75 Å². The number of hydrogen-bond acceptors (Lipinski definition) is 8. The summed E-state index contributed by atoms with van der Waals surface area (Å²) in [5, 5.41) is 12.0. The molecule has 0 amide bonds. The number of ether oxygens (including phenoxy) is 1. The van der Waals surface area contributed by atoms with Gasteiger partial charge in [-0.25, -0.2) is 4.98 Å². The quantitative estimate of drug-likeness (QED) is 0.383. The normalized spacial score (nSPS) is 11.8. The van der Waals surface area contributed by atoms with Crippen LogP contribution in [0.15, 0.2) is 51.9 Å². The van der Waals surface area contributed by atoms with E-state index < -0.39 is 0 Å². The third-order valence-electron chi connectivity index (χ3n) is 5.69. The van der Waals surface area contributed by atoms with Crippen LogP contribution in [0.1, 0.15) is 53.3 Å². The number of methoxy groups -OCH3 is 1. The number of hydrogen-bond donors (Lipinski definition) is 1. The summed E-state index contributed by atoms with van der Waals surface area (Å²) in [6.45, 7) is 12.8. The predicted molar refractivity (Wildman–Crippen MR) is 141 cm³/mol. The topological polar surface area (TPSA) is 108 Å². The number of pyridine rings is 1. The summed E-state index contributed by atoms with van der Waals surface area (Å²) in [7, 11) is 1.62. The number of benzene rings is 1. The monoisotopic (exact) mass is 490 g/mol. The van der Waals surface area contributed by atoms with Crippen LogP contribution in [0.25, 0.3) is 34.3 Å². The van der Waals surface area contributed by atoms with Gasteiger partial charge in [-0.3, -0.25) is 9.78 Å². The summed E-state index contributed by atoms with van der Waals surface area (Å²) in [4.78, 5) is 21.4. The van der Waals surface area contributed by atoms with E-state index in [1.165, 1.54) is 6.07 Å². The van der Waals surface area contributed by atoms with Gasteiger partial charge in [0.15, 0.2) is 0 Å². The maximum Gasteiger partial charge on any atom is 0.268 e. The first-order valence-corrected chi connectivity index (χ1v) is 11.9. The van der Waals surface area contributed by atoms with E-state index >= 15 is 0 Å². The van der Waals surface area contributed by atoms with Crippen LogP contribution in [-0.2, 0) is 6.54 Å². The van der Waals surface area contributed by atoms with E-state index in [9.17, 15) is 4.79 Å². The fourth-order valence-corrected chi connectivity index (χ4v) is 3.67. The molecule has 1 N–H and O–H groups in total. The molecule has 0 spiro atoms. The molecule has 1 aromatic carbocycles. The molecule has 0 aliphatic rings. The smallest absolute Gasteiger partial charge is 0.268 e. The fourth-order valence-electron chi connectivity index (χ4n) is 3.67. The first-order valence-electron chi connectivity index (χ1n) is 11.9. The summed E-state index contributed by atoms with van der Waals surface area (Å²) in [6.07, 6.45) is 3.46. The summed E-state index contributed by atoms with van der Waals surface area (Å²) < 4.78 is 13.3. The van der Waals surface area contributed by atoms with E-state index in [0.717, 1.165) is 11.1 Å². The average molecular weight is 491 g/mol. The van der Waals surface area contributed by atoms with Crippen LogP contribution in [0.2, 0.25) is 0 Å². The van der Waals surface area contributed by atoms with Gasteiger partial charge in [0, 0.05) is 37.4 Å². The van der Waals surface area contributed by atoms with Crippen LogP contribution in [0.3, 0.4) is 0 Å². The molecule has 0 aliphatic carbocycles. The second-order valence-corrected chi connectivity index (χ2v) is 10.00. The first-order chi connectivity index (χ1) is 17.1. The molecule has 0 atom stereocenters. The molecule has 0 saturated carbocycles. The van der Waals surface area contributed by atoms with E-state index in [0.29, 0.717) is 40.8 Å². The maximum atomic E-state index is 12.2. The zero-order valence-corrected chi connectivity index (χ0v) is 21.8. The lowest BCUT2D eigenvalue weighted by Gasteiger charge is -2.20. The largest absolute Gasteiger partial charge is 0.496 e. The van der Waals surface area contributed by atoms with Crippen molar-refractivity contribution in [2.75, 3.05) is 7.11 Å². The Bertz CT molecular complexity index is 1440. The van der Waals surface area contributed by atoms with Gasteiger partial charge in [0.1, 0.15) is 11.4 Å². The highest BCUT2D eigenvalue weighted by Crippen LogP contribution is 2.32. The molecule has 0 bridgehead atoms. The highest BCUT2D eigenvalue weighted by molar-refractivity contribution is 5.66. The highest BCUT2D eigenvalue weighted by Gasteiger charge is 2.19. The van der Waals surface area contributed by atoms with Gasteiger partial charge in [-0.15, -0.1) is 10.2 Å². The van der Waals surface area contributed by atoms with E-state index in [2.05, 4.69) is 41.3 Å². The van der Waals surface area contributed by atoms with Crippen molar-refractivity contribution in [1.82, 2.24) is 30.0 Å². The number of rotatable bonds is 7. The van der Waals surface area contributed by atoms with E-state index in [1.54, 1.807) is 30.1 Å². The predicted octanol–water partition coefficient (Wildman–Crippen LogP) is 5.05. The zero-order valence-electron chi connectivity index (χ0n) is 21.8. The lowest BCUT2D eigenvalue weighted by atomic mass is 10.1. The van der Waals surface area contributed by atoms with Crippen LogP contribution in [0, 0.1) is 6.92 Å². The molecule has 3 heterocycles. The lowest BCUT2D eigenvalue weighted by Crippen LogP contribution is -2.35. The number of nitrogens with zero attached hydrogens (tertiary/aromatic N) is 5. The molecule has 4 aromatic rings. The Morgan fingerprint density at radius 1 is 1.14 bits per heavy atom. The molecule has 9 nitrogen and oxygen atoms in total. The lowest BCUT2D eigenvalue weighted by molar-refractivity contribution is 0.409. The van der Waals surface area contributed by atoms with Gasteiger partial charge in [-0.05, 0) is 65.3 Å². The van der Waals surface area contributed by atoms with Gasteiger partial charge < -0.3 is 19.0 Å². The highest BCUT2D eigenvalue weighted by atomic mass is 16.5. The number of aryl methyl sites for hydroxylation is 1. The molecule has 0 unspecified atom stereocenters. The minimum atomic E-state index is -0.0651. The molecule has 190 valence electrons. The zero-order chi connectivity index (χ0) is 26.0. The van der Waals surface area contributed by atoms with Crippen molar-refractivity contribution in [3.63, 3.8) is 0 Å². The Kier molecular flexibility index (Phi) is 7.03. The van der Waals surface area contributed by atoms with Crippen LogP contribution >= 0.6 is 0 Å². The average Bonchev–Trinajstić information content (AvgIpc) is 3.32. The minimum Gasteiger partial charge on any atom is -0.496 e. The molecule has 0 radical (unpaired) electrons. The van der Waals surface area contributed by atoms with Gasteiger partial charge in [0.05, 0.1) is 30.3 Å². The van der Waals surface area contributed by atoms with E-state index in [-0.39, 0.29) is 24.5 Å². The molecule has 0 saturated heterocycles. The van der Waals surface area contributed by atoms with Crippen LogP contribution < -0.4 is 15.6 Å². The first kappa shape index (κ1) is 25.2. The van der Waals surface area contributed by atoms with E-state index in [4.69, 9.17) is 14.1 Å². The molecule has 9 heteroatoms. The Morgan fingerprint density at radius 3 is 2.58 bits per heavy atom. The second kappa shape index (κ2) is 10.0. The van der Waals surface area contributed by atoms with Crippen molar-refractivity contribution in [1.29, 1.82) is 0 Å². The molecule has 4 rings (SSSR count). The van der Waals surface area contributed by atoms with Crippen molar-refractivity contribution < 1.29 is 10.6 Å². The Morgan fingerprint density at radius 2 is 1.89 bits per heavy atom. The van der Waals surface area contributed by atoms with Crippen molar-refractivity contribution in [2.45, 2.75) is 59.7 Å². The van der Waals surface area contributed by atoms with Crippen molar-refractivity contribution >= 4 is 0 Å². The maximum absolute atomic E-state index is 12.2. The summed E-state index contributed by atoms with van der Waals surface area (Å²) in [6, 6.07) is 9.20. The summed E-state index contributed by atoms with van der Waals surface area (Å²) in [5.74, 6) is 1.23. The molecule has 0 aliphatic heterocycles. The summed E-state index contributed by atoms with van der Waals surface area (Å²) in [5.41, 5.74) is 4.25. The van der Waals surface area contributed by atoms with Crippen LogP contribution in [0.4, 0.5) is 0 Å². The Balaban J connectivity index is 0.00000380. The van der Waals surface area contributed by atoms with Crippen molar-refractivity contribution in [3.8, 4) is 40.0 Å². The van der Waals surface area contributed by atoms with Crippen LogP contribution in [-0.4, -0.2) is 37.4 Å². The molecular formula is C27H34N6O3. The third-order valence-corrected chi connectivity index (χ3v) is 5.69. The van der Waals surface area contributed by atoms with Crippen molar-refractivity contribution in [2.24, 2.45) is 0 Å². The van der Waals surface area contributed by atoms with Gasteiger partial charge >= 0.3 is 0 Å². The van der Waals surface area contributed by atoms with Gasteiger partial charge in [0.2, 0.25) is 0 Å². The third kappa shape index (κ3) is 5.52. The van der Waals surface area contributed by atoms with Gasteiger partial charge in [-0.2, -0.15) is 0 Å². The minimum absolute atomic E-state index is 0. The SMILES string of the molecule is COc1cc(CNC(C)(C)C)ccc1-c1nnc(-c2nc(-c3ccc(=O)n(C(C)C)c3)cnc2C)o1.[HH].